The molecule has 0 aromatic carbocycles. The van der Waals surface area contributed by atoms with Gasteiger partial charge in [-0.05, 0) is 79.1 Å². The molecular weight excluding hydrogens is 292 g/mol. The molecule has 0 aliphatic carbocycles. The second-order valence-electron chi connectivity index (χ2n) is 11.3. The number of nitrogens with zero attached hydrogens (tertiary/aromatic N) is 2. The van der Waals surface area contributed by atoms with Crippen LogP contribution in [0.2, 0.25) is 0 Å². The second-order valence-corrected chi connectivity index (χ2v) is 11.3. The molecule has 0 aliphatic heterocycles. The first-order chi connectivity index (χ1) is 10.4. The van der Waals surface area contributed by atoms with Crippen molar-refractivity contribution >= 4 is 5.71 Å². The van der Waals surface area contributed by atoms with E-state index in [2.05, 4.69) is 94.9 Å². The minimum atomic E-state index is 0.0129. The Bertz CT molecular complexity index is 414. The molecule has 0 bridgehead atoms. The van der Waals surface area contributed by atoms with Crippen molar-refractivity contribution in [3.05, 3.63) is 0 Å². The first-order valence-electron chi connectivity index (χ1n) is 9.71. The highest BCUT2D eigenvalue weighted by Gasteiger charge is 2.32. The highest BCUT2D eigenvalue weighted by atomic mass is 15.2. The van der Waals surface area contributed by atoms with Crippen molar-refractivity contribution in [2.45, 2.75) is 120 Å². The van der Waals surface area contributed by atoms with Gasteiger partial charge in [-0.1, -0.05) is 34.6 Å². The molecule has 0 aromatic heterocycles. The predicted octanol–water partition coefficient (Wildman–Crippen LogP) is 6.59. The van der Waals surface area contributed by atoms with Gasteiger partial charge in [0.05, 0.1) is 5.54 Å². The molecule has 0 amide bonds. The Morgan fingerprint density at radius 1 is 0.833 bits per heavy atom. The Labute approximate surface area is 153 Å². The van der Waals surface area contributed by atoms with Crippen molar-refractivity contribution in [2.75, 3.05) is 6.54 Å². The maximum Gasteiger partial charge on any atom is 0.0551 e. The number of rotatable bonds is 7. The summed E-state index contributed by atoms with van der Waals surface area (Å²) in [5, 5.41) is 0. The van der Waals surface area contributed by atoms with Crippen LogP contribution in [0.5, 0.6) is 0 Å². The SMILES string of the molecule is CC(=NC(C)(C)CCC(C)(C)CN(C(C)C)C(C)(C)C)C(C)(C)C. The van der Waals surface area contributed by atoms with Crippen LogP contribution in [0, 0.1) is 10.8 Å². The van der Waals surface area contributed by atoms with Crippen LogP contribution in [0.25, 0.3) is 0 Å². The van der Waals surface area contributed by atoms with Gasteiger partial charge < -0.3 is 0 Å². The molecule has 24 heavy (non-hydrogen) atoms. The molecule has 0 rings (SSSR count). The summed E-state index contributed by atoms with van der Waals surface area (Å²) in [6, 6.07) is 0.568. The summed E-state index contributed by atoms with van der Waals surface area (Å²) in [4.78, 5) is 7.68. The van der Waals surface area contributed by atoms with E-state index in [0.717, 1.165) is 13.0 Å². The van der Waals surface area contributed by atoms with Crippen molar-refractivity contribution < 1.29 is 0 Å². The molecule has 0 atom stereocenters. The van der Waals surface area contributed by atoms with Gasteiger partial charge in [0.1, 0.15) is 0 Å². The summed E-state index contributed by atoms with van der Waals surface area (Å²) < 4.78 is 0. The van der Waals surface area contributed by atoms with Crippen molar-refractivity contribution in [3.8, 4) is 0 Å². The first kappa shape index (κ1) is 23.6. The van der Waals surface area contributed by atoms with Crippen LogP contribution in [0.4, 0.5) is 0 Å². The second kappa shape index (κ2) is 7.89. The van der Waals surface area contributed by atoms with Gasteiger partial charge in [0.25, 0.3) is 0 Å². The third-order valence-electron chi connectivity index (χ3n) is 5.05. The zero-order valence-electron chi connectivity index (χ0n) is 19.1. The number of aliphatic imine (C=N–C) groups is 1. The van der Waals surface area contributed by atoms with Gasteiger partial charge in [-0.2, -0.15) is 0 Å². The van der Waals surface area contributed by atoms with Gasteiger partial charge in [-0.15, -0.1) is 0 Å². The fourth-order valence-electron chi connectivity index (χ4n) is 3.06. The number of hydrogen-bond donors (Lipinski definition) is 0. The summed E-state index contributed by atoms with van der Waals surface area (Å²) in [5.74, 6) is 0. The van der Waals surface area contributed by atoms with Crippen LogP contribution in [0.15, 0.2) is 4.99 Å². The van der Waals surface area contributed by atoms with E-state index in [9.17, 15) is 0 Å². The monoisotopic (exact) mass is 338 g/mol. The van der Waals surface area contributed by atoms with E-state index in [-0.39, 0.29) is 16.5 Å². The summed E-state index contributed by atoms with van der Waals surface area (Å²) in [5.41, 5.74) is 1.93. The van der Waals surface area contributed by atoms with E-state index in [4.69, 9.17) is 4.99 Å². The van der Waals surface area contributed by atoms with Crippen molar-refractivity contribution in [2.24, 2.45) is 15.8 Å². The fraction of sp³-hybridized carbons (Fsp3) is 0.955. The molecular formula is C22H46N2. The van der Waals surface area contributed by atoms with Gasteiger partial charge in [0.2, 0.25) is 0 Å². The Kier molecular flexibility index (Phi) is 7.77. The third kappa shape index (κ3) is 8.65. The summed E-state index contributed by atoms with van der Waals surface area (Å²) in [6.07, 6.45) is 2.32. The molecule has 0 aromatic rings. The average molecular weight is 339 g/mol. The van der Waals surface area contributed by atoms with E-state index in [1.54, 1.807) is 0 Å². The predicted molar refractivity (Wildman–Crippen MR) is 111 cm³/mol. The van der Waals surface area contributed by atoms with Crippen LogP contribution >= 0.6 is 0 Å². The molecule has 0 radical (unpaired) electrons. The van der Waals surface area contributed by atoms with Gasteiger partial charge in [0, 0.05) is 23.8 Å². The van der Waals surface area contributed by atoms with Crippen molar-refractivity contribution in [1.29, 1.82) is 0 Å². The molecule has 0 spiro atoms. The molecule has 0 unspecified atom stereocenters. The Morgan fingerprint density at radius 3 is 1.62 bits per heavy atom. The van der Waals surface area contributed by atoms with Crippen LogP contribution < -0.4 is 0 Å². The van der Waals surface area contributed by atoms with E-state index >= 15 is 0 Å². The lowest BCUT2D eigenvalue weighted by molar-refractivity contribution is 0.0486. The zero-order chi connectivity index (χ0) is 19.6. The van der Waals surface area contributed by atoms with Gasteiger partial charge >= 0.3 is 0 Å². The molecule has 144 valence electrons. The fourth-order valence-corrected chi connectivity index (χ4v) is 3.06. The summed E-state index contributed by atoms with van der Waals surface area (Å²) in [7, 11) is 0. The normalized spacial score (nSPS) is 15.5. The quantitative estimate of drug-likeness (QED) is 0.478. The van der Waals surface area contributed by atoms with Crippen LogP contribution in [0.3, 0.4) is 0 Å². The molecule has 0 fully saturated rings. The minimum Gasteiger partial charge on any atom is -0.296 e. The van der Waals surface area contributed by atoms with E-state index in [1.807, 2.05) is 0 Å². The first-order valence-corrected chi connectivity index (χ1v) is 9.71. The molecule has 0 N–H and O–H groups in total. The van der Waals surface area contributed by atoms with Crippen LogP contribution in [-0.2, 0) is 0 Å². The molecule has 0 saturated carbocycles. The molecule has 0 saturated heterocycles. The Morgan fingerprint density at radius 2 is 1.29 bits per heavy atom. The minimum absolute atomic E-state index is 0.0129. The summed E-state index contributed by atoms with van der Waals surface area (Å²) >= 11 is 0. The van der Waals surface area contributed by atoms with E-state index < -0.39 is 0 Å². The van der Waals surface area contributed by atoms with Crippen molar-refractivity contribution in [3.63, 3.8) is 0 Å². The average Bonchev–Trinajstić information content (AvgIpc) is 2.31. The highest BCUT2D eigenvalue weighted by molar-refractivity contribution is 5.87. The molecule has 2 nitrogen and oxygen atoms in total. The smallest absolute Gasteiger partial charge is 0.0551 e. The maximum atomic E-state index is 5.05. The lowest BCUT2D eigenvalue weighted by Crippen LogP contribution is -2.50. The Hall–Kier alpha value is -0.370. The van der Waals surface area contributed by atoms with E-state index in [0.29, 0.717) is 11.5 Å². The standard InChI is InChI=1S/C22H46N2/c1-17(2)24(20(7,8)9)16-21(10,11)14-15-22(12,13)23-18(3)19(4,5)6/h17H,14-16H2,1-13H3. The molecule has 0 aliphatic rings. The largest absolute Gasteiger partial charge is 0.296 e. The topological polar surface area (TPSA) is 15.6 Å². The lowest BCUT2D eigenvalue weighted by Gasteiger charge is -2.44. The highest BCUT2D eigenvalue weighted by Crippen LogP contribution is 2.33. The van der Waals surface area contributed by atoms with Gasteiger partial charge in [0.15, 0.2) is 0 Å². The number of hydrogen-bond acceptors (Lipinski definition) is 2. The van der Waals surface area contributed by atoms with Crippen LogP contribution in [-0.4, -0.2) is 34.3 Å². The van der Waals surface area contributed by atoms with Crippen LogP contribution in [0.1, 0.15) is 103 Å². The summed E-state index contributed by atoms with van der Waals surface area (Å²) in [6.45, 7) is 31.0. The van der Waals surface area contributed by atoms with Gasteiger partial charge in [-0.25, -0.2) is 0 Å². The lowest BCUT2D eigenvalue weighted by atomic mass is 9.81. The third-order valence-corrected chi connectivity index (χ3v) is 5.05. The van der Waals surface area contributed by atoms with E-state index in [1.165, 1.54) is 12.1 Å². The Balaban J connectivity index is 5.00. The zero-order valence-corrected chi connectivity index (χ0v) is 19.1. The van der Waals surface area contributed by atoms with Gasteiger partial charge in [-0.3, -0.25) is 9.89 Å². The molecule has 2 heteroatoms. The maximum absolute atomic E-state index is 5.05. The van der Waals surface area contributed by atoms with Crippen molar-refractivity contribution in [1.82, 2.24) is 4.90 Å². The molecule has 0 heterocycles.